The van der Waals surface area contributed by atoms with Crippen LogP contribution in [0.1, 0.15) is 170 Å². The molecule has 0 aromatic rings. The molecular formula is C71H128N12O13S. The molecule has 2 saturated heterocycles. The average molecular weight is 1390 g/mol. The molecule has 2 heterocycles. The largest absolute Gasteiger partial charge is 0.390 e. The summed E-state index contributed by atoms with van der Waals surface area (Å²) in [6.45, 7) is 37.4. The second-order valence-corrected chi connectivity index (χ2v) is 32.0. The van der Waals surface area contributed by atoms with Gasteiger partial charge >= 0.3 is 0 Å². The van der Waals surface area contributed by atoms with E-state index in [-0.39, 0.29) is 61.5 Å². The fourth-order valence-electron chi connectivity index (χ4n) is 12.6. The zero-order chi connectivity index (χ0) is 74.6. The first-order valence-corrected chi connectivity index (χ1v) is 36.2. The number of amides is 11. The summed E-state index contributed by atoms with van der Waals surface area (Å²) in [6, 6.07) is -13.9. The molecular weight excluding hydrogens is 1260 g/mol. The van der Waals surface area contributed by atoms with E-state index >= 15 is 33.6 Å². The number of nitrogens with one attached hydrogen (secondary N) is 4. The number of aliphatic hydroxyl groups is 1. The van der Waals surface area contributed by atoms with Crippen LogP contribution in [0, 0.1) is 41.4 Å². The SMILES string of the molecule is C/C=C/C[C@@H](C)[C@@H](O)[C@@H]1C(=O)N[C@H](CC)C(=O)N(C)[C@H](CSC(C)(C)CN2CCOCC2)C(=O)N(C)[C@@H](CC(C)C)C(=O)N[C@H](C(C)C)C(=O)N(C)[C@H](CC(C)C)C(=O)N[C@H](C)C(=O)N[C@@H](C)C(=O)N(C)[C@H](CC(C)C)C(=O)N(C)[C@H](CC(C)C)C(=O)N(C)[C@H](C(C)C)C(=O)N1C. The maximum atomic E-state index is 15.6. The molecule has 2 aliphatic heterocycles. The van der Waals surface area contributed by atoms with Crippen molar-refractivity contribution in [2.75, 3.05) is 87.9 Å². The van der Waals surface area contributed by atoms with Crippen LogP contribution in [0.15, 0.2) is 12.2 Å². The van der Waals surface area contributed by atoms with Gasteiger partial charge in [-0.25, -0.2) is 0 Å². The lowest BCUT2D eigenvalue weighted by Gasteiger charge is -2.42. The fraction of sp³-hybridized carbons (Fsp3) is 0.817. The summed E-state index contributed by atoms with van der Waals surface area (Å²) in [6.07, 6.45) is 2.95. The third-order valence-electron chi connectivity index (χ3n) is 18.7. The molecule has 11 amide bonds. The van der Waals surface area contributed by atoms with Crippen LogP contribution in [0.2, 0.25) is 0 Å². The molecule has 0 aliphatic carbocycles. The van der Waals surface area contributed by atoms with Crippen LogP contribution in [-0.2, 0) is 57.5 Å². The molecule has 0 unspecified atom stereocenters. The highest BCUT2D eigenvalue weighted by atomic mass is 32.2. The van der Waals surface area contributed by atoms with E-state index < -0.39 is 160 Å². The Morgan fingerprint density at radius 2 is 0.907 bits per heavy atom. The summed E-state index contributed by atoms with van der Waals surface area (Å²) in [5, 5.41) is 23.6. The molecule has 0 saturated carbocycles. The lowest BCUT2D eigenvalue weighted by atomic mass is 9.91. The number of carbonyl (C=O) groups is 11. The standard InChI is InChI=1S/C71H128N12O13S/c1-27-29-30-47(15)59(84)58-63(88)74-50(28-2)65(90)80(24)55(39-97-71(18,19)40-83-31-33-96-34-32-83)68(93)76(20)52(36-42(5)6)62(87)75-56(45(11)12)69(94)77(21)51(35-41(3)4)61(86)72-48(16)60(85)73-49(17)64(89)78(22)53(37-43(7)8)66(91)79(23)54(38-44(9)10)67(92)81(25)57(46(13)14)70(95)82(58)26/h27,29,41-59,84H,28,30-40H2,1-26H3,(H,72,86)(H,73,85)(H,74,88)(H,75,87)/b29-27+/t47-,48-,49+,50-,51-,52+,53-,54-,55-,56-,57-,58-,59-/m1/s1. The second kappa shape index (κ2) is 39.8. The predicted molar refractivity (Wildman–Crippen MR) is 381 cm³/mol. The number of aliphatic hydroxyl groups excluding tert-OH is 1. The van der Waals surface area contributed by atoms with Gasteiger partial charge < -0.3 is 65.4 Å². The minimum absolute atomic E-state index is 0.00254. The molecule has 0 radical (unpaired) electrons. The van der Waals surface area contributed by atoms with Crippen molar-refractivity contribution in [1.29, 1.82) is 0 Å². The van der Waals surface area contributed by atoms with E-state index in [9.17, 15) is 24.3 Å². The average Bonchev–Trinajstić information content (AvgIpc) is 0.810. The van der Waals surface area contributed by atoms with Gasteiger partial charge in [0.05, 0.1) is 19.3 Å². The van der Waals surface area contributed by atoms with E-state index in [2.05, 4.69) is 26.2 Å². The van der Waals surface area contributed by atoms with Gasteiger partial charge in [-0.15, -0.1) is 0 Å². The number of rotatable bonds is 20. The van der Waals surface area contributed by atoms with E-state index in [0.29, 0.717) is 39.3 Å². The summed E-state index contributed by atoms with van der Waals surface area (Å²) in [7, 11) is 10.1. The number of thioether (sulfide) groups is 1. The highest BCUT2D eigenvalue weighted by molar-refractivity contribution is 8.00. The van der Waals surface area contributed by atoms with Crippen molar-refractivity contribution in [3.63, 3.8) is 0 Å². The van der Waals surface area contributed by atoms with Crippen molar-refractivity contribution in [1.82, 2.24) is 60.5 Å². The van der Waals surface area contributed by atoms with Crippen molar-refractivity contribution < 1.29 is 62.6 Å². The van der Waals surface area contributed by atoms with Crippen LogP contribution in [0.5, 0.6) is 0 Å². The van der Waals surface area contributed by atoms with Gasteiger partial charge in [0.15, 0.2) is 0 Å². The maximum absolute atomic E-state index is 15.6. The first kappa shape index (κ1) is 87.2. The molecule has 97 heavy (non-hydrogen) atoms. The van der Waals surface area contributed by atoms with E-state index in [4.69, 9.17) is 4.74 Å². The Hall–Kier alpha value is -5.86. The molecule has 2 fully saturated rings. The van der Waals surface area contributed by atoms with Gasteiger partial charge in [0.2, 0.25) is 65.0 Å². The maximum Gasteiger partial charge on any atom is 0.246 e. The van der Waals surface area contributed by atoms with Gasteiger partial charge in [0.25, 0.3) is 0 Å². The van der Waals surface area contributed by atoms with Gasteiger partial charge in [0.1, 0.15) is 66.5 Å². The zero-order valence-electron chi connectivity index (χ0n) is 63.9. The summed E-state index contributed by atoms with van der Waals surface area (Å²) >= 11 is 1.46. The molecule has 0 bridgehead atoms. The van der Waals surface area contributed by atoms with Crippen LogP contribution in [-0.4, -0.2) is 275 Å². The molecule has 556 valence electrons. The van der Waals surface area contributed by atoms with Gasteiger partial charge in [-0.05, 0) is 115 Å². The topological polar surface area (TPSA) is 291 Å². The molecule has 0 spiro atoms. The first-order chi connectivity index (χ1) is 44.9. The Kier molecular flexibility index (Phi) is 35.8. The number of hydrogen-bond donors (Lipinski definition) is 5. The Morgan fingerprint density at radius 3 is 1.37 bits per heavy atom. The van der Waals surface area contributed by atoms with Crippen LogP contribution in [0.3, 0.4) is 0 Å². The number of morpholine rings is 1. The van der Waals surface area contributed by atoms with E-state index in [1.165, 1.54) is 104 Å². The molecule has 0 aromatic heterocycles. The summed E-state index contributed by atoms with van der Waals surface area (Å²) in [5.74, 6) is -9.80. The van der Waals surface area contributed by atoms with Crippen LogP contribution >= 0.6 is 11.8 Å². The van der Waals surface area contributed by atoms with E-state index in [0.717, 1.165) is 4.90 Å². The quantitative estimate of drug-likeness (QED) is 0.105. The first-order valence-electron chi connectivity index (χ1n) is 35.2. The van der Waals surface area contributed by atoms with Crippen LogP contribution in [0.25, 0.3) is 0 Å². The molecule has 13 atom stereocenters. The fourth-order valence-corrected chi connectivity index (χ4v) is 13.9. The molecule has 2 rings (SSSR count). The Labute approximate surface area is 586 Å². The molecule has 5 N–H and O–H groups in total. The molecule has 25 nitrogen and oxygen atoms in total. The lowest BCUT2D eigenvalue weighted by Crippen LogP contribution is -2.64. The third-order valence-corrected chi connectivity index (χ3v) is 20.1. The van der Waals surface area contributed by atoms with Gasteiger partial charge in [0, 0.05) is 79.5 Å². The third kappa shape index (κ3) is 25.1. The minimum Gasteiger partial charge on any atom is -0.390 e. The predicted octanol–water partition coefficient (Wildman–Crippen LogP) is 4.48. The van der Waals surface area contributed by atoms with E-state index in [1.807, 2.05) is 82.2 Å². The van der Waals surface area contributed by atoms with Crippen molar-refractivity contribution in [3.8, 4) is 0 Å². The highest BCUT2D eigenvalue weighted by Crippen LogP contribution is 2.30. The normalized spacial score (nSPS) is 27.2. The van der Waals surface area contributed by atoms with Gasteiger partial charge in [-0.1, -0.05) is 109 Å². The number of hydrogen-bond acceptors (Lipinski definition) is 15. The summed E-state index contributed by atoms with van der Waals surface area (Å²) in [4.78, 5) is 176. The number of nitrogens with zero attached hydrogens (tertiary/aromatic N) is 8. The smallest absolute Gasteiger partial charge is 0.246 e. The van der Waals surface area contributed by atoms with Crippen molar-refractivity contribution in [2.24, 2.45) is 41.4 Å². The van der Waals surface area contributed by atoms with Crippen molar-refractivity contribution in [3.05, 3.63) is 12.2 Å². The summed E-state index contributed by atoms with van der Waals surface area (Å²) in [5.41, 5.74) is 0. The molecule has 2 aliphatic rings. The zero-order valence-corrected chi connectivity index (χ0v) is 64.8. The van der Waals surface area contributed by atoms with Crippen LogP contribution < -0.4 is 21.3 Å². The minimum atomic E-state index is -1.64. The molecule has 26 heteroatoms. The van der Waals surface area contributed by atoms with E-state index in [1.54, 1.807) is 47.6 Å². The van der Waals surface area contributed by atoms with Crippen molar-refractivity contribution >= 4 is 76.7 Å². The Morgan fingerprint density at radius 1 is 0.495 bits per heavy atom. The van der Waals surface area contributed by atoms with Gasteiger partial charge in [-0.3, -0.25) is 57.6 Å². The number of allylic oxidation sites excluding steroid dienone is 2. The lowest BCUT2D eigenvalue weighted by molar-refractivity contribution is -0.157. The summed E-state index contributed by atoms with van der Waals surface area (Å²) < 4.78 is 5.14. The number of likely N-dealkylation sites (N-methyl/N-ethyl adjacent to an activating group) is 7. The second-order valence-electron chi connectivity index (χ2n) is 30.3. The highest BCUT2D eigenvalue weighted by Gasteiger charge is 2.47. The van der Waals surface area contributed by atoms with Crippen molar-refractivity contribution in [2.45, 2.75) is 247 Å². The number of ether oxygens (including phenoxy) is 1. The van der Waals surface area contributed by atoms with Gasteiger partial charge in [-0.2, -0.15) is 11.8 Å². The monoisotopic (exact) mass is 1390 g/mol. The molecule has 0 aromatic carbocycles. The van der Waals surface area contributed by atoms with Crippen LogP contribution in [0.4, 0.5) is 0 Å². The Balaban J connectivity index is 3.14. The Bertz CT molecular complexity index is 2670. The number of carbonyl (C=O) groups excluding carboxylic acids is 11.